The van der Waals surface area contributed by atoms with Gasteiger partial charge < -0.3 is 37.0 Å². The third kappa shape index (κ3) is 14.3. The Balaban J connectivity index is 0.000000116. The van der Waals surface area contributed by atoms with E-state index in [9.17, 15) is 0 Å². The van der Waals surface area contributed by atoms with Gasteiger partial charge in [-0.25, -0.2) is 0 Å². The van der Waals surface area contributed by atoms with E-state index in [2.05, 4.69) is 510 Å². The normalized spacial score (nSPS) is 14.2. The number of aromatic nitrogens is 5. The van der Waals surface area contributed by atoms with E-state index in [1.54, 1.807) is 0 Å². The number of ether oxygens (including phenoxy) is 3. The van der Waals surface area contributed by atoms with Crippen LogP contribution in [0, 0.1) is 0 Å². The molecule has 21 aromatic rings. The van der Waals surface area contributed by atoms with Crippen LogP contribution in [0.1, 0.15) is 263 Å². The fourth-order valence-corrected chi connectivity index (χ4v) is 25.2. The maximum Gasteiger partial charge on any atom is 0.256 e. The molecule has 732 valence electrons. The second-order valence-corrected chi connectivity index (χ2v) is 53.8. The molecule has 0 N–H and O–H groups in total. The minimum atomic E-state index is -0.0872. The largest absolute Gasteiger partial charge is 0.458 e. The summed E-state index contributed by atoms with van der Waals surface area (Å²) >= 11 is 0. The van der Waals surface area contributed by atoms with Crippen LogP contribution >= 0.6 is 0 Å². The van der Waals surface area contributed by atoms with E-state index in [4.69, 9.17) is 14.2 Å². The Morgan fingerprint density at radius 3 is 0.755 bits per heavy atom. The molecule has 5 aromatic heterocycles. The number of para-hydroxylation sites is 4. The van der Waals surface area contributed by atoms with Crippen LogP contribution in [0.3, 0.4) is 0 Å². The van der Waals surface area contributed by atoms with E-state index in [-0.39, 0.29) is 74.3 Å². The van der Waals surface area contributed by atoms with E-state index in [0.29, 0.717) is 0 Å². The number of hydrogen-bond acceptors (Lipinski definition) is 3. The molecule has 0 spiro atoms. The Bertz CT molecular complexity index is 9200. The van der Waals surface area contributed by atoms with Crippen molar-refractivity contribution in [3.05, 3.63) is 335 Å². The lowest BCUT2D eigenvalue weighted by molar-refractivity contribution is 0.457. The molecule has 147 heavy (non-hydrogen) atoms. The van der Waals surface area contributed by atoms with Crippen molar-refractivity contribution in [2.24, 2.45) is 0 Å². The van der Waals surface area contributed by atoms with Crippen LogP contribution in [0.15, 0.2) is 279 Å². The Labute approximate surface area is 868 Å². The predicted octanol–water partition coefficient (Wildman–Crippen LogP) is 30.3. The highest BCUT2D eigenvalue weighted by Crippen LogP contribution is 2.53. The van der Waals surface area contributed by atoms with Crippen LogP contribution in [0.4, 0.5) is 0 Å². The first-order chi connectivity index (χ1) is 69.2. The van der Waals surface area contributed by atoms with Crippen molar-refractivity contribution < 1.29 is 14.2 Å². The van der Waals surface area contributed by atoms with Crippen molar-refractivity contribution in [1.82, 2.24) is 22.8 Å². The Morgan fingerprint density at radius 1 is 0.177 bits per heavy atom. The lowest BCUT2D eigenvalue weighted by Gasteiger charge is -2.37. The van der Waals surface area contributed by atoms with Gasteiger partial charge in [0.1, 0.15) is 34.5 Å². The summed E-state index contributed by atoms with van der Waals surface area (Å²) in [5, 5.41) is 12.8. The number of hydrogen-bond donors (Lipinski definition) is 0. The van der Waals surface area contributed by atoms with Gasteiger partial charge in [-0.3, -0.25) is 0 Å². The molecule has 0 saturated heterocycles. The van der Waals surface area contributed by atoms with Gasteiger partial charge in [0, 0.05) is 88.6 Å². The van der Waals surface area contributed by atoms with Crippen LogP contribution in [-0.4, -0.2) is 43.0 Å². The van der Waals surface area contributed by atoms with Crippen molar-refractivity contribution in [3.8, 4) is 62.9 Å². The standard InChI is InChI=1S/C52H53BN2O.C44H37BN2O.C40H46BNO/c1-49(2,3)30-19-23-40-35(25-30)36-26-31(50(4,5)6)20-24-41(36)54(40)43-29-45-47-48-46(43)34-15-13-14-16-39(34)55(48)42-27-32(51(7,8)9)17-21-37(42)53(47)38-22-18-33(52(10,11)12)28-44(38)56-45;1-43(2,3)26-19-21-31-36(23-26)47-35-18-12-9-15-30(35)40-37(46-33-16-10-7-13-28(33)29-14-8-11-17-34(29)46)25-39-41(42(40)47)45(31)32-22-20-27(44(4,5)6)24-38(32)48-39;1-37(2,3)23-15-18-31-26(19-23)27-22-28(40(10,11)12)36-34-35(27)42(31)32-20-24(38(4,5)6)13-16-29(32)41(34)30-17-14-25(39(7,8)9)21-33(30)43-36/h13-29H,1-12H3;7-25H,1-6H3;13-22H,1-12H3. The summed E-state index contributed by atoms with van der Waals surface area (Å²) in [5.74, 6) is 5.86. The van der Waals surface area contributed by atoms with Crippen LogP contribution in [0.2, 0.25) is 0 Å². The molecule has 0 unspecified atom stereocenters. The molecule has 8 nitrogen and oxygen atoms in total. The Kier molecular flexibility index (Phi) is 20.1. The third-order valence-electron chi connectivity index (χ3n) is 33.5. The first kappa shape index (κ1) is 94.1. The van der Waals surface area contributed by atoms with Gasteiger partial charge in [0.05, 0.1) is 66.5 Å². The summed E-state index contributed by atoms with van der Waals surface area (Å²) in [5.41, 5.74) is 43.5. The van der Waals surface area contributed by atoms with Gasteiger partial charge in [-0.15, -0.1) is 0 Å². The quantitative estimate of drug-likeness (QED) is 0.162. The lowest BCUT2D eigenvalue weighted by atomic mass is 9.34. The molecule has 11 heterocycles. The summed E-state index contributed by atoms with van der Waals surface area (Å²) < 4.78 is 34.1. The van der Waals surface area contributed by atoms with Crippen LogP contribution in [0.25, 0.3) is 137 Å². The molecular weight excluding hydrogens is 1780 g/mol. The van der Waals surface area contributed by atoms with Gasteiger partial charge in [-0.05, 0) is 257 Å². The molecule has 27 rings (SSSR count). The van der Waals surface area contributed by atoms with Gasteiger partial charge in [-0.2, -0.15) is 0 Å². The zero-order valence-electron chi connectivity index (χ0n) is 91.8. The molecule has 0 saturated carbocycles. The van der Waals surface area contributed by atoms with Crippen molar-refractivity contribution in [2.45, 2.75) is 262 Å². The van der Waals surface area contributed by atoms with Crippen molar-refractivity contribution in [1.29, 1.82) is 0 Å². The molecule has 0 radical (unpaired) electrons. The number of fused-ring (bicyclic) bond motifs is 30. The van der Waals surface area contributed by atoms with Gasteiger partial charge in [0.2, 0.25) is 0 Å². The Morgan fingerprint density at radius 2 is 0.429 bits per heavy atom. The maximum atomic E-state index is 7.23. The third-order valence-corrected chi connectivity index (χ3v) is 33.5. The molecular formula is C136H136B3N5O3. The second-order valence-electron chi connectivity index (χ2n) is 53.8. The first-order valence-electron chi connectivity index (χ1n) is 53.6. The van der Waals surface area contributed by atoms with E-state index < -0.39 is 0 Å². The number of rotatable bonds is 2. The van der Waals surface area contributed by atoms with E-state index in [0.717, 1.165) is 45.9 Å². The monoisotopic (exact) mass is 1920 g/mol. The summed E-state index contributed by atoms with van der Waals surface area (Å²) in [6, 6.07) is 107. The fraction of sp³-hybridized carbons (Fsp3) is 0.294. The molecule has 0 amide bonds. The number of nitrogens with zero attached hydrogens (tertiary/aromatic N) is 5. The highest BCUT2D eigenvalue weighted by atomic mass is 16.5. The highest BCUT2D eigenvalue weighted by Gasteiger charge is 2.49. The maximum absolute atomic E-state index is 7.23. The average molecular weight is 1920 g/mol. The highest BCUT2D eigenvalue weighted by molar-refractivity contribution is 7.01. The second kappa shape index (κ2) is 31.4. The lowest BCUT2D eigenvalue weighted by Crippen LogP contribution is -2.58. The van der Waals surface area contributed by atoms with Gasteiger partial charge in [0.25, 0.3) is 20.1 Å². The van der Waals surface area contributed by atoms with Crippen molar-refractivity contribution >= 4 is 178 Å². The first-order valence-corrected chi connectivity index (χ1v) is 53.6. The zero-order valence-corrected chi connectivity index (χ0v) is 91.8. The van der Waals surface area contributed by atoms with E-state index >= 15 is 0 Å². The smallest absolute Gasteiger partial charge is 0.256 e. The zero-order chi connectivity index (χ0) is 103. The van der Waals surface area contributed by atoms with Gasteiger partial charge in [-0.1, -0.05) is 372 Å². The Hall–Kier alpha value is -13.9. The molecule has 0 aliphatic carbocycles. The molecule has 11 heteroatoms. The molecule has 0 atom stereocenters. The molecule has 6 aliphatic rings. The summed E-state index contributed by atoms with van der Waals surface area (Å²) in [4.78, 5) is 0. The summed E-state index contributed by atoms with van der Waals surface area (Å²) in [7, 11) is 0. The van der Waals surface area contributed by atoms with Crippen LogP contribution in [0.5, 0.6) is 34.5 Å². The molecule has 6 aliphatic heterocycles. The fourth-order valence-electron chi connectivity index (χ4n) is 25.2. The average Bonchev–Trinajstić information content (AvgIpc) is 1.53. The molecule has 0 fully saturated rings. The van der Waals surface area contributed by atoms with Gasteiger partial charge >= 0.3 is 0 Å². The van der Waals surface area contributed by atoms with Crippen LogP contribution in [-0.2, 0) is 54.1 Å². The SMILES string of the molecule is CC(C)(C)c1ccc2c(c1)Oc1c(C(C)(C)C)cc3c4cc(C(C)(C)C)ccc4n4c3c1B2c1ccc(C(C)(C)C)cc1-4.CC(C)(C)c1ccc2c(c1)Oc1cc(-n3c4ccc(C(C)(C)C)cc4c4cc(C(C)(C)C)ccc43)c3c4ccccc4n4c3c1B2c1ccc(C(C)(C)C)cc1-4.CC(C)(C)c1ccc2c(c1)Oc1cc(-n3c4ccccc4c4ccccc43)c3c4ccccc4n4c3c1B2c1ccc(C(C)(C)C)cc1-4. The van der Waals surface area contributed by atoms with Gasteiger partial charge in [0.15, 0.2) is 0 Å². The predicted molar refractivity (Wildman–Crippen MR) is 632 cm³/mol. The van der Waals surface area contributed by atoms with Crippen molar-refractivity contribution in [2.75, 3.05) is 0 Å². The summed E-state index contributed by atoms with van der Waals surface area (Å²) in [6.45, 7) is 69.4. The van der Waals surface area contributed by atoms with E-state index in [1.807, 2.05) is 0 Å². The minimum Gasteiger partial charge on any atom is -0.458 e. The minimum absolute atomic E-state index is 0.000366. The van der Waals surface area contributed by atoms with E-state index in [1.165, 1.54) is 231 Å². The number of benzene rings is 16. The summed E-state index contributed by atoms with van der Waals surface area (Å²) in [6.07, 6.45) is 0. The van der Waals surface area contributed by atoms with Crippen LogP contribution < -0.4 is 63.4 Å². The van der Waals surface area contributed by atoms with Crippen molar-refractivity contribution in [3.63, 3.8) is 0 Å². The molecule has 16 aromatic carbocycles. The topological polar surface area (TPSA) is 52.3 Å². The molecule has 0 bridgehead atoms.